The summed E-state index contributed by atoms with van der Waals surface area (Å²) in [6, 6.07) is 7.52. The van der Waals surface area contributed by atoms with Crippen molar-refractivity contribution < 1.29 is 0 Å². The first kappa shape index (κ1) is 11.4. The van der Waals surface area contributed by atoms with Crippen LogP contribution in [0.5, 0.6) is 0 Å². The van der Waals surface area contributed by atoms with E-state index in [9.17, 15) is 0 Å². The Kier molecular flexibility index (Phi) is 2.94. The van der Waals surface area contributed by atoms with Crippen molar-refractivity contribution in [3.63, 3.8) is 0 Å². The highest BCUT2D eigenvalue weighted by molar-refractivity contribution is 5.59. The van der Waals surface area contributed by atoms with Gasteiger partial charge in [-0.1, -0.05) is 0 Å². The predicted molar refractivity (Wildman–Crippen MR) is 71.0 cm³/mol. The van der Waals surface area contributed by atoms with E-state index in [0.29, 0.717) is 17.5 Å². The van der Waals surface area contributed by atoms with Gasteiger partial charge in [-0.05, 0) is 31.2 Å². The van der Waals surface area contributed by atoms with Crippen LogP contribution >= 0.6 is 0 Å². The molecule has 3 rings (SSSR count). The minimum absolute atomic E-state index is 0.654. The van der Waals surface area contributed by atoms with Crippen LogP contribution in [0.25, 0.3) is 22.8 Å². The van der Waals surface area contributed by atoms with Crippen molar-refractivity contribution in [1.29, 1.82) is 0 Å². The standard InChI is InChI=1S/C14H11N5/c1-10-17-13(11-2-6-15-7-3-11)19-14(18-10)12-4-8-16-9-5-12/h2-9H,1H3. The van der Waals surface area contributed by atoms with Gasteiger partial charge < -0.3 is 0 Å². The van der Waals surface area contributed by atoms with E-state index in [1.54, 1.807) is 24.8 Å². The summed E-state index contributed by atoms with van der Waals surface area (Å²) in [6.07, 6.45) is 6.89. The minimum Gasteiger partial charge on any atom is -0.265 e. The zero-order valence-corrected chi connectivity index (χ0v) is 10.4. The number of aromatic nitrogens is 5. The molecule has 3 heterocycles. The maximum Gasteiger partial charge on any atom is 0.163 e. The monoisotopic (exact) mass is 249 g/mol. The Hall–Kier alpha value is -2.69. The lowest BCUT2D eigenvalue weighted by Crippen LogP contribution is -1.99. The number of aryl methyl sites for hydroxylation is 1. The molecule has 0 radical (unpaired) electrons. The van der Waals surface area contributed by atoms with Gasteiger partial charge in [0, 0.05) is 35.9 Å². The molecule has 0 unspecified atom stereocenters. The van der Waals surface area contributed by atoms with Gasteiger partial charge in [-0.25, -0.2) is 15.0 Å². The van der Waals surface area contributed by atoms with Gasteiger partial charge in [-0.3, -0.25) is 9.97 Å². The van der Waals surface area contributed by atoms with Gasteiger partial charge in [-0.2, -0.15) is 0 Å². The van der Waals surface area contributed by atoms with E-state index in [2.05, 4.69) is 24.9 Å². The van der Waals surface area contributed by atoms with Crippen LogP contribution in [0.2, 0.25) is 0 Å². The molecule has 92 valence electrons. The fourth-order valence-electron chi connectivity index (χ4n) is 1.74. The number of nitrogens with zero attached hydrogens (tertiary/aromatic N) is 5. The molecule has 3 aromatic rings. The van der Waals surface area contributed by atoms with Crippen molar-refractivity contribution in [2.45, 2.75) is 6.92 Å². The Balaban J connectivity index is 2.12. The van der Waals surface area contributed by atoms with Crippen molar-refractivity contribution in [1.82, 2.24) is 24.9 Å². The molecule has 3 aromatic heterocycles. The number of hydrogen-bond acceptors (Lipinski definition) is 5. The summed E-state index contributed by atoms with van der Waals surface area (Å²) >= 11 is 0. The molecule has 5 heteroatoms. The Bertz CT molecular complexity index is 625. The molecule has 0 saturated carbocycles. The highest BCUT2D eigenvalue weighted by Gasteiger charge is 2.07. The minimum atomic E-state index is 0.654. The Morgan fingerprint density at radius 2 is 1.05 bits per heavy atom. The summed E-state index contributed by atoms with van der Waals surface area (Å²) in [5.41, 5.74) is 1.85. The van der Waals surface area contributed by atoms with E-state index in [1.165, 1.54) is 0 Å². The molecule has 0 N–H and O–H groups in total. The van der Waals surface area contributed by atoms with E-state index in [0.717, 1.165) is 11.1 Å². The van der Waals surface area contributed by atoms with E-state index in [1.807, 2.05) is 31.2 Å². The van der Waals surface area contributed by atoms with E-state index < -0.39 is 0 Å². The Labute approximate surface area is 110 Å². The van der Waals surface area contributed by atoms with Crippen LogP contribution in [0.15, 0.2) is 49.1 Å². The molecular weight excluding hydrogens is 238 g/mol. The van der Waals surface area contributed by atoms with Crippen molar-refractivity contribution in [3.05, 3.63) is 54.9 Å². The molecule has 0 spiro atoms. The normalized spacial score (nSPS) is 10.4. The number of pyridine rings is 2. The molecule has 0 aliphatic heterocycles. The van der Waals surface area contributed by atoms with E-state index in [4.69, 9.17) is 0 Å². The average Bonchev–Trinajstić information content (AvgIpc) is 2.48. The average molecular weight is 249 g/mol. The summed E-state index contributed by atoms with van der Waals surface area (Å²) in [4.78, 5) is 21.2. The molecule has 0 aliphatic carbocycles. The highest BCUT2D eigenvalue weighted by Crippen LogP contribution is 2.18. The topological polar surface area (TPSA) is 64.5 Å². The quantitative estimate of drug-likeness (QED) is 0.697. The van der Waals surface area contributed by atoms with Crippen LogP contribution in [-0.2, 0) is 0 Å². The van der Waals surface area contributed by atoms with Crippen molar-refractivity contribution in [3.8, 4) is 22.8 Å². The third-order valence-electron chi connectivity index (χ3n) is 2.62. The second kappa shape index (κ2) is 4.89. The van der Waals surface area contributed by atoms with E-state index >= 15 is 0 Å². The Morgan fingerprint density at radius 3 is 1.47 bits per heavy atom. The van der Waals surface area contributed by atoms with Crippen molar-refractivity contribution >= 4 is 0 Å². The first-order valence-corrected chi connectivity index (χ1v) is 5.86. The molecule has 0 atom stereocenters. The van der Waals surface area contributed by atoms with Crippen LogP contribution in [0.4, 0.5) is 0 Å². The van der Waals surface area contributed by atoms with Gasteiger partial charge in [0.2, 0.25) is 0 Å². The second-order valence-corrected chi connectivity index (χ2v) is 4.00. The van der Waals surface area contributed by atoms with Crippen molar-refractivity contribution in [2.75, 3.05) is 0 Å². The zero-order chi connectivity index (χ0) is 13.1. The molecule has 0 aromatic carbocycles. The molecule has 0 fully saturated rings. The summed E-state index contributed by atoms with van der Waals surface area (Å²) < 4.78 is 0. The molecule has 5 nitrogen and oxygen atoms in total. The lowest BCUT2D eigenvalue weighted by atomic mass is 10.2. The second-order valence-electron chi connectivity index (χ2n) is 4.00. The smallest absolute Gasteiger partial charge is 0.163 e. The highest BCUT2D eigenvalue weighted by atomic mass is 15.0. The van der Waals surface area contributed by atoms with Gasteiger partial charge in [0.25, 0.3) is 0 Å². The third kappa shape index (κ3) is 2.44. The number of rotatable bonds is 2. The summed E-state index contributed by atoms with van der Waals surface area (Å²) in [5, 5.41) is 0. The van der Waals surface area contributed by atoms with Crippen LogP contribution in [-0.4, -0.2) is 24.9 Å². The lowest BCUT2D eigenvalue weighted by molar-refractivity contribution is 0.990. The lowest BCUT2D eigenvalue weighted by Gasteiger charge is -2.04. The van der Waals surface area contributed by atoms with Crippen LogP contribution in [0.1, 0.15) is 5.82 Å². The molecule has 0 saturated heterocycles. The van der Waals surface area contributed by atoms with Crippen LogP contribution in [0, 0.1) is 6.92 Å². The summed E-state index contributed by atoms with van der Waals surface area (Å²) in [7, 11) is 0. The van der Waals surface area contributed by atoms with Crippen LogP contribution in [0.3, 0.4) is 0 Å². The van der Waals surface area contributed by atoms with Gasteiger partial charge >= 0.3 is 0 Å². The number of hydrogen-bond donors (Lipinski definition) is 0. The summed E-state index contributed by atoms with van der Waals surface area (Å²) in [6.45, 7) is 1.86. The SMILES string of the molecule is Cc1nc(-c2ccncc2)nc(-c2ccncc2)n1. The van der Waals surface area contributed by atoms with Crippen molar-refractivity contribution in [2.24, 2.45) is 0 Å². The van der Waals surface area contributed by atoms with Crippen LogP contribution < -0.4 is 0 Å². The maximum atomic E-state index is 4.50. The molecule has 0 amide bonds. The Morgan fingerprint density at radius 1 is 0.632 bits per heavy atom. The fraction of sp³-hybridized carbons (Fsp3) is 0.0714. The fourth-order valence-corrected chi connectivity index (χ4v) is 1.74. The van der Waals surface area contributed by atoms with E-state index in [-0.39, 0.29) is 0 Å². The first-order valence-electron chi connectivity index (χ1n) is 5.86. The molecular formula is C14H11N5. The molecule has 0 bridgehead atoms. The van der Waals surface area contributed by atoms with Gasteiger partial charge in [0.15, 0.2) is 11.6 Å². The summed E-state index contributed by atoms with van der Waals surface area (Å²) in [5.74, 6) is 2.00. The predicted octanol–water partition coefficient (Wildman–Crippen LogP) is 2.30. The first-order chi connectivity index (χ1) is 9.33. The van der Waals surface area contributed by atoms with Gasteiger partial charge in [-0.15, -0.1) is 0 Å². The third-order valence-corrected chi connectivity index (χ3v) is 2.62. The van der Waals surface area contributed by atoms with Gasteiger partial charge in [0.1, 0.15) is 5.82 Å². The molecule has 19 heavy (non-hydrogen) atoms. The molecule has 0 aliphatic rings. The largest absolute Gasteiger partial charge is 0.265 e. The maximum absolute atomic E-state index is 4.50. The zero-order valence-electron chi connectivity index (χ0n) is 10.4. The van der Waals surface area contributed by atoms with Gasteiger partial charge in [0.05, 0.1) is 0 Å².